The summed E-state index contributed by atoms with van der Waals surface area (Å²) >= 11 is 0. The summed E-state index contributed by atoms with van der Waals surface area (Å²) in [7, 11) is 0. The van der Waals surface area contributed by atoms with E-state index in [1.807, 2.05) is 6.08 Å². The Balaban J connectivity index is 1.92. The monoisotopic (exact) mass is 858 g/mol. The van der Waals surface area contributed by atoms with Crippen LogP contribution in [0.3, 0.4) is 0 Å². The maximum Gasteiger partial charge on any atom is 0.220 e. The molecule has 0 spiro atoms. The highest BCUT2D eigenvalue weighted by molar-refractivity contribution is 5.76. The van der Waals surface area contributed by atoms with E-state index in [9.17, 15) is 45.6 Å². The van der Waals surface area contributed by atoms with Crippen LogP contribution < -0.4 is 5.32 Å². The molecule has 350 valence electrons. The summed E-state index contributed by atoms with van der Waals surface area (Å²) in [5.41, 5.74) is 0. The van der Waals surface area contributed by atoms with Gasteiger partial charge in [-0.05, 0) is 57.8 Å². The van der Waals surface area contributed by atoms with Crippen LogP contribution in [0.2, 0.25) is 0 Å². The molecule has 0 saturated carbocycles. The Morgan fingerprint density at radius 1 is 0.583 bits per heavy atom. The molecular weight excluding hydrogens is 774 g/mol. The van der Waals surface area contributed by atoms with Gasteiger partial charge >= 0.3 is 0 Å². The topological polar surface area (TPSA) is 228 Å². The van der Waals surface area contributed by atoms with Crippen LogP contribution in [0.1, 0.15) is 155 Å². The van der Waals surface area contributed by atoms with Crippen molar-refractivity contribution < 1.29 is 64.6 Å². The van der Waals surface area contributed by atoms with Crippen LogP contribution in [0.25, 0.3) is 0 Å². The number of carbonyl (C=O) groups excluding carboxylic acids is 1. The molecule has 2 fully saturated rings. The molecule has 0 aromatic heterocycles. The second-order valence-electron chi connectivity index (χ2n) is 16.5. The van der Waals surface area contributed by atoms with Gasteiger partial charge in [-0.25, -0.2) is 0 Å². The van der Waals surface area contributed by atoms with Crippen molar-refractivity contribution in [1.29, 1.82) is 0 Å². The van der Waals surface area contributed by atoms with E-state index < -0.39 is 86.8 Å². The van der Waals surface area contributed by atoms with E-state index >= 15 is 0 Å². The maximum absolute atomic E-state index is 13.1. The second kappa shape index (κ2) is 33.7. The number of allylic oxidation sites excluding steroid dienone is 5. The van der Waals surface area contributed by atoms with Gasteiger partial charge in [-0.15, -0.1) is 0 Å². The van der Waals surface area contributed by atoms with Crippen LogP contribution in [0, 0.1) is 0 Å². The van der Waals surface area contributed by atoms with Gasteiger partial charge in [0.25, 0.3) is 0 Å². The fraction of sp³-hybridized carbons (Fsp3) is 0.848. The fourth-order valence-corrected chi connectivity index (χ4v) is 7.42. The largest absolute Gasteiger partial charge is 0.394 e. The van der Waals surface area contributed by atoms with Crippen molar-refractivity contribution in [2.24, 2.45) is 0 Å². The van der Waals surface area contributed by atoms with Gasteiger partial charge < -0.3 is 65.1 Å². The van der Waals surface area contributed by atoms with Gasteiger partial charge in [0, 0.05) is 6.42 Å². The molecule has 2 aliphatic heterocycles. The molecule has 12 unspecified atom stereocenters. The van der Waals surface area contributed by atoms with Crippen molar-refractivity contribution in [1.82, 2.24) is 5.32 Å². The third-order valence-corrected chi connectivity index (χ3v) is 11.3. The molecule has 9 N–H and O–H groups in total. The first-order chi connectivity index (χ1) is 29.1. The van der Waals surface area contributed by atoms with Crippen LogP contribution in [0.5, 0.6) is 0 Å². The minimum atomic E-state index is -1.79. The molecule has 2 rings (SSSR count). The molecule has 12 atom stereocenters. The molecule has 2 saturated heterocycles. The van der Waals surface area contributed by atoms with Gasteiger partial charge in [-0.3, -0.25) is 4.79 Å². The Labute approximate surface area is 360 Å². The van der Waals surface area contributed by atoms with Crippen molar-refractivity contribution >= 4 is 5.91 Å². The molecule has 0 aromatic rings. The van der Waals surface area contributed by atoms with Gasteiger partial charge in [0.15, 0.2) is 12.6 Å². The van der Waals surface area contributed by atoms with Gasteiger partial charge in [-0.2, -0.15) is 0 Å². The minimum Gasteiger partial charge on any atom is -0.394 e. The second-order valence-corrected chi connectivity index (χ2v) is 16.5. The number of nitrogens with one attached hydrogen (secondary N) is 1. The average Bonchev–Trinajstić information content (AvgIpc) is 3.24. The highest BCUT2D eigenvalue weighted by Crippen LogP contribution is 2.30. The van der Waals surface area contributed by atoms with Gasteiger partial charge in [-0.1, -0.05) is 127 Å². The highest BCUT2D eigenvalue weighted by atomic mass is 16.7. The molecule has 0 aliphatic carbocycles. The number of ether oxygens (including phenoxy) is 4. The minimum absolute atomic E-state index is 0.262. The van der Waals surface area contributed by atoms with E-state index in [1.165, 1.54) is 70.6 Å². The Morgan fingerprint density at radius 3 is 1.65 bits per heavy atom. The zero-order valence-electron chi connectivity index (χ0n) is 36.7. The van der Waals surface area contributed by atoms with Crippen molar-refractivity contribution in [3.05, 3.63) is 36.5 Å². The molecule has 0 aromatic carbocycles. The summed E-state index contributed by atoms with van der Waals surface area (Å²) in [5.74, 6) is -0.262. The number of hydrogen-bond donors (Lipinski definition) is 9. The Kier molecular flexibility index (Phi) is 30.5. The zero-order valence-corrected chi connectivity index (χ0v) is 36.7. The molecular formula is C46H83NO13. The van der Waals surface area contributed by atoms with Gasteiger partial charge in [0.2, 0.25) is 5.91 Å². The number of aliphatic hydroxyl groups is 8. The normalized spacial score (nSPS) is 28.6. The number of aliphatic hydroxyl groups excluding tert-OH is 8. The zero-order chi connectivity index (χ0) is 44.0. The predicted molar refractivity (Wildman–Crippen MR) is 231 cm³/mol. The first-order valence-electron chi connectivity index (χ1n) is 23.2. The summed E-state index contributed by atoms with van der Waals surface area (Å²) in [6.07, 6.45) is 19.1. The first kappa shape index (κ1) is 54.3. The Bertz CT molecular complexity index is 1150. The third kappa shape index (κ3) is 21.5. The van der Waals surface area contributed by atoms with Gasteiger partial charge in [0.1, 0.15) is 48.8 Å². The number of carbonyl (C=O) groups is 1. The van der Waals surface area contributed by atoms with E-state index in [0.717, 1.165) is 51.4 Å². The lowest BCUT2D eigenvalue weighted by molar-refractivity contribution is -0.359. The van der Waals surface area contributed by atoms with Crippen molar-refractivity contribution in [2.45, 2.75) is 229 Å². The summed E-state index contributed by atoms with van der Waals surface area (Å²) in [6, 6.07) is -0.931. The van der Waals surface area contributed by atoms with Crippen molar-refractivity contribution in [2.75, 3.05) is 19.8 Å². The molecule has 14 nitrogen and oxygen atoms in total. The van der Waals surface area contributed by atoms with Crippen LogP contribution in [0.4, 0.5) is 0 Å². The standard InChI is InChI=1S/C46H83NO13/c1-3-5-7-9-11-13-15-17-19-21-23-25-27-29-35(50)34(47-38(51)30-28-26-24-22-20-18-16-14-12-10-8-6-4-2)33-57-45-43(56)41(54)44(37(32-49)59-45)60-46-42(55)40(53)39(52)36(31-48)58-46/h14,16,19,21,27,29,34-37,39-46,48-50,52-56H,3-13,15,17-18,20,22-26,28,30-33H2,1-2H3,(H,47,51)/b16-14-,21-19+,29-27+. The maximum atomic E-state index is 13.1. The summed E-state index contributed by atoms with van der Waals surface area (Å²) in [5, 5.41) is 86.4. The van der Waals surface area contributed by atoms with E-state index in [2.05, 4.69) is 43.5 Å². The van der Waals surface area contributed by atoms with Crippen LogP contribution >= 0.6 is 0 Å². The third-order valence-electron chi connectivity index (χ3n) is 11.3. The SMILES string of the molecule is CCCCCC/C=C\CCCCCCCC(=O)NC(COC1OC(CO)C(OC2OC(CO)C(O)C(O)C2O)C(O)C1O)C(O)/C=C/CC/C=C/CCCCCCCCC. The summed E-state index contributed by atoms with van der Waals surface area (Å²) < 4.78 is 22.6. The van der Waals surface area contributed by atoms with E-state index in [0.29, 0.717) is 12.8 Å². The van der Waals surface area contributed by atoms with Gasteiger partial charge in [0.05, 0.1) is 32.0 Å². The van der Waals surface area contributed by atoms with Crippen LogP contribution in [-0.2, 0) is 23.7 Å². The molecule has 1 amide bonds. The number of hydrogen-bond acceptors (Lipinski definition) is 13. The molecule has 2 heterocycles. The lowest BCUT2D eigenvalue weighted by Crippen LogP contribution is -2.65. The van der Waals surface area contributed by atoms with E-state index in [-0.39, 0.29) is 18.9 Å². The molecule has 2 aliphatic rings. The molecule has 14 heteroatoms. The lowest BCUT2D eigenvalue weighted by Gasteiger charge is -2.46. The smallest absolute Gasteiger partial charge is 0.220 e. The van der Waals surface area contributed by atoms with E-state index in [1.54, 1.807) is 6.08 Å². The Morgan fingerprint density at radius 2 is 1.07 bits per heavy atom. The average molecular weight is 858 g/mol. The number of unbranched alkanes of at least 4 members (excludes halogenated alkanes) is 17. The number of amides is 1. The predicted octanol–water partition coefficient (Wildman–Crippen LogP) is 4.76. The molecule has 60 heavy (non-hydrogen) atoms. The Hall–Kier alpha value is -1.79. The summed E-state index contributed by atoms with van der Waals surface area (Å²) in [4.78, 5) is 13.1. The van der Waals surface area contributed by atoms with Crippen LogP contribution in [0.15, 0.2) is 36.5 Å². The highest BCUT2D eigenvalue weighted by Gasteiger charge is 2.50. The lowest BCUT2D eigenvalue weighted by atomic mass is 9.97. The molecule has 0 bridgehead atoms. The van der Waals surface area contributed by atoms with Crippen molar-refractivity contribution in [3.8, 4) is 0 Å². The summed E-state index contributed by atoms with van der Waals surface area (Å²) in [6.45, 7) is 2.70. The molecule has 0 radical (unpaired) electrons. The quantitative estimate of drug-likeness (QED) is 0.0315. The number of rotatable bonds is 34. The fourth-order valence-electron chi connectivity index (χ4n) is 7.42. The van der Waals surface area contributed by atoms with Crippen molar-refractivity contribution in [3.63, 3.8) is 0 Å². The first-order valence-corrected chi connectivity index (χ1v) is 23.2. The van der Waals surface area contributed by atoms with E-state index in [4.69, 9.17) is 18.9 Å². The van der Waals surface area contributed by atoms with Crippen LogP contribution in [-0.4, -0.2) is 140 Å².